The number of amides is 3. The third kappa shape index (κ3) is 5.71. The number of carbonyl (C=O) groups excluding carboxylic acids is 3. The minimum Gasteiger partial charge on any atom is -0.482 e. The number of aryl methyl sites for hydroxylation is 2. The third-order valence-electron chi connectivity index (χ3n) is 5.47. The summed E-state index contributed by atoms with van der Waals surface area (Å²) in [4.78, 5) is 35.5. The fourth-order valence-corrected chi connectivity index (χ4v) is 3.87. The van der Waals surface area contributed by atoms with Gasteiger partial charge in [-0.05, 0) is 61.3 Å². The van der Waals surface area contributed by atoms with Crippen molar-refractivity contribution in [3.05, 3.63) is 29.3 Å². The van der Waals surface area contributed by atoms with Gasteiger partial charge in [-0.3, -0.25) is 10.1 Å². The van der Waals surface area contributed by atoms with Crippen LogP contribution < -0.4 is 15.4 Å². The van der Waals surface area contributed by atoms with Crippen LogP contribution in [0.15, 0.2) is 18.2 Å². The number of nitrogens with one attached hydrogen (secondary N) is 2. The molecule has 2 aliphatic carbocycles. The van der Waals surface area contributed by atoms with Gasteiger partial charge < -0.3 is 14.8 Å². The highest BCUT2D eigenvalue weighted by Gasteiger charge is 2.23. The van der Waals surface area contributed by atoms with Gasteiger partial charge in [0, 0.05) is 6.04 Å². The predicted molar refractivity (Wildman–Crippen MR) is 103 cm³/mol. The van der Waals surface area contributed by atoms with Crippen LogP contribution in [0.3, 0.4) is 0 Å². The van der Waals surface area contributed by atoms with Gasteiger partial charge in [0.05, 0.1) is 0 Å². The van der Waals surface area contributed by atoms with Crippen LogP contribution in [-0.2, 0) is 27.2 Å². The molecule has 7 nitrogen and oxygen atoms in total. The summed E-state index contributed by atoms with van der Waals surface area (Å²) in [5.74, 6) is -0.310. The number of imide groups is 1. The van der Waals surface area contributed by atoms with Crippen molar-refractivity contribution in [1.82, 2.24) is 10.6 Å². The molecule has 2 aliphatic rings. The molecule has 0 unspecified atom stereocenters. The number of hydrogen-bond acceptors (Lipinski definition) is 5. The molecule has 1 aromatic rings. The molecule has 0 saturated heterocycles. The average Bonchev–Trinajstić information content (AvgIpc) is 3.14. The van der Waals surface area contributed by atoms with Crippen molar-refractivity contribution in [2.45, 2.75) is 57.9 Å². The second-order valence-corrected chi connectivity index (χ2v) is 7.62. The summed E-state index contributed by atoms with van der Waals surface area (Å²) in [5, 5.41) is 5.02. The van der Waals surface area contributed by atoms with E-state index in [1.165, 1.54) is 17.5 Å². The molecule has 0 bridgehead atoms. The first kappa shape index (κ1) is 20.2. The van der Waals surface area contributed by atoms with Crippen molar-refractivity contribution in [3.63, 3.8) is 0 Å². The van der Waals surface area contributed by atoms with Crippen molar-refractivity contribution < 1.29 is 23.9 Å². The molecule has 2 N–H and O–H groups in total. The minimum atomic E-state index is -0.660. The first-order chi connectivity index (χ1) is 13.5. The summed E-state index contributed by atoms with van der Waals surface area (Å²) in [6, 6.07) is 5.32. The van der Waals surface area contributed by atoms with Gasteiger partial charge in [-0.2, -0.15) is 0 Å². The fraction of sp³-hybridized carbons (Fsp3) is 0.571. The van der Waals surface area contributed by atoms with Crippen LogP contribution in [0, 0.1) is 5.92 Å². The molecule has 3 rings (SSSR count). The summed E-state index contributed by atoms with van der Waals surface area (Å²) < 4.78 is 10.3. The lowest BCUT2D eigenvalue weighted by Gasteiger charge is -2.29. The van der Waals surface area contributed by atoms with E-state index in [2.05, 4.69) is 17.6 Å². The van der Waals surface area contributed by atoms with Crippen LogP contribution in [0.4, 0.5) is 4.79 Å². The molecule has 2 atom stereocenters. The van der Waals surface area contributed by atoms with Crippen molar-refractivity contribution in [2.24, 2.45) is 5.92 Å². The number of fused-ring (bicyclic) bond motifs is 1. The Morgan fingerprint density at radius 1 is 1.04 bits per heavy atom. The van der Waals surface area contributed by atoms with Gasteiger partial charge in [-0.15, -0.1) is 0 Å². The monoisotopic (exact) mass is 388 g/mol. The number of esters is 1. The molecule has 28 heavy (non-hydrogen) atoms. The Kier molecular flexibility index (Phi) is 6.90. The number of hydrogen-bond donors (Lipinski definition) is 2. The van der Waals surface area contributed by atoms with Crippen molar-refractivity contribution in [1.29, 1.82) is 0 Å². The second-order valence-electron chi connectivity index (χ2n) is 7.62. The zero-order valence-corrected chi connectivity index (χ0v) is 16.3. The molecule has 152 valence electrons. The van der Waals surface area contributed by atoms with E-state index in [0.29, 0.717) is 11.7 Å². The highest BCUT2D eigenvalue weighted by atomic mass is 16.6. The van der Waals surface area contributed by atoms with Crippen molar-refractivity contribution in [3.8, 4) is 5.75 Å². The van der Waals surface area contributed by atoms with Crippen molar-refractivity contribution >= 4 is 17.9 Å². The zero-order chi connectivity index (χ0) is 19.9. The summed E-state index contributed by atoms with van der Waals surface area (Å²) in [6.45, 7) is 1.30. The number of rotatable bonds is 6. The van der Waals surface area contributed by atoms with Gasteiger partial charge in [0.2, 0.25) is 0 Å². The molecule has 0 aromatic heterocycles. The van der Waals surface area contributed by atoms with E-state index in [4.69, 9.17) is 9.47 Å². The Morgan fingerprint density at radius 3 is 2.64 bits per heavy atom. The Morgan fingerprint density at radius 2 is 1.82 bits per heavy atom. The summed E-state index contributed by atoms with van der Waals surface area (Å²) in [6.07, 6.45) is 7.48. The minimum absolute atomic E-state index is 0.0739. The number of ether oxygens (including phenoxy) is 2. The molecule has 1 aromatic carbocycles. The standard InChI is InChI=1S/C21H28N2O5/c1-14-5-2-3-8-18(14)22-21(26)23-19(24)12-28-20(25)13-27-17-10-9-15-6-4-7-16(15)11-17/h9-11,14,18H,2-8,12-13H2,1H3,(H2,22,23,24,26)/t14-,18-/m1/s1. The van der Waals surface area contributed by atoms with E-state index < -0.39 is 24.5 Å². The highest BCUT2D eigenvalue weighted by molar-refractivity contribution is 5.95. The largest absolute Gasteiger partial charge is 0.482 e. The Bertz CT molecular complexity index is 734. The number of benzene rings is 1. The summed E-state index contributed by atoms with van der Waals surface area (Å²) in [7, 11) is 0. The predicted octanol–water partition coefficient (Wildman–Crippen LogP) is 2.50. The number of carbonyl (C=O) groups is 3. The van der Waals surface area contributed by atoms with Gasteiger partial charge in [-0.25, -0.2) is 9.59 Å². The van der Waals surface area contributed by atoms with Crippen molar-refractivity contribution in [2.75, 3.05) is 13.2 Å². The molecule has 0 radical (unpaired) electrons. The molecular weight excluding hydrogens is 360 g/mol. The van der Waals surface area contributed by atoms with Gasteiger partial charge in [0.15, 0.2) is 13.2 Å². The van der Waals surface area contributed by atoms with E-state index >= 15 is 0 Å². The van der Waals surface area contributed by atoms with Crippen LogP contribution >= 0.6 is 0 Å². The topological polar surface area (TPSA) is 93.7 Å². The zero-order valence-electron chi connectivity index (χ0n) is 16.3. The van der Waals surface area contributed by atoms with Gasteiger partial charge in [0.25, 0.3) is 5.91 Å². The molecule has 0 heterocycles. The van der Waals surface area contributed by atoms with Crippen LogP contribution in [-0.4, -0.2) is 37.2 Å². The Hall–Kier alpha value is -2.57. The highest BCUT2D eigenvalue weighted by Crippen LogP contribution is 2.26. The SMILES string of the molecule is C[C@@H]1CCCC[C@H]1NC(=O)NC(=O)COC(=O)COc1ccc2c(c1)CCC2. The Balaban J connectivity index is 1.33. The van der Waals surface area contributed by atoms with E-state index in [1.807, 2.05) is 18.2 Å². The normalized spacial score (nSPS) is 20.8. The molecular formula is C21H28N2O5. The molecule has 1 saturated carbocycles. The maximum absolute atomic E-state index is 11.9. The van der Waals surface area contributed by atoms with E-state index in [1.54, 1.807) is 0 Å². The van der Waals surface area contributed by atoms with Crippen LogP contribution in [0.1, 0.15) is 50.2 Å². The smallest absolute Gasteiger partial charge is 0.344 e. The maximum Gasteiger partial charge on any atom is 0.344 e. The molecule has 7 heteroatoms. The van der Waals surface area contributed by atoms with Gasteiger partial charge >= 0.3 is 12.0 Å². The van der Waals surface area contributed by atoms with Gasteiger partial charge in [-0.1, -0.05) is 25.8 Å². The van der Waals surface area contributed by atoms with Crippen LogP contribution in [0.25, 0.3) is 0 Å². The maximum atomic E-state index is 11.9. The molecule has 3 amide bonds. The van der Waals surface area contributed by atoms with E-state index in [-0.39, 0.29) is 12.6 Å². The molecule has 1 fully saturated rings. The lowest BCUT2D eigenvalue weighted by Crippen LogP contribution is -2.48. The second kappa shape index (κ2) is 9.57. The quantitative estimate of drug-likeness (QED) is 0.731. The lowest BCUT2D eigenvalue weighted by molar-refractivity contribution is -0.150. The van der Waals surface area contributed by atoms with E-state index in [0.717, 1.165) is 38.5 Å². The molecule has 0 spiro atoms. The Labute approximate surface area is 165 Å². The summed E-state index contributed by atoms with van der Waals surface area (Å²) >= 11 is 0. The fourth-order valence-electron chi connectivity index (χ4n) is 3.87. The third-order valence-corrected chi connectivity index (χ3v) is 5.47. The average molecular weight is 388 g/mol. The first-order valence-corrected chi connectivity index (χ1v) is 10.0. The van der Waals surface area contributed by atoms with Crippen LogP contribution in [0.5, 0.6) is 5.75 Å². The molecule has 0 aliphatic heterocycles. The van der Waals surface area contributed by atoms with E-state index in [9.17, 15) is 14.4 Å². The van der Waals surface area contributed by atoms with Gasteiger partial charge in [0.1, 0.15) is 5.75 Å². The lowest BCUT2D eigenvalue weighted by atomic mass is 9.86. The number of urea groups is 1. The first-order valence-electron chi connectivity index (χ1n) is 10.0. The summed E-state index contributed by atoms with van der Waals surface area (Å²) in [5.41, 5.74) is 2.58. The van der Waals surface area contributed by atoms with Crippen LogP contribution in [0.2, 0.25) is 0 Å².